The van der Waals surface area contributed by atoms with Gasteiger partial charge in [-0.1, -0.05) is 26.2 Å². The zero-order chi connectivity index (χ0) is 16.1. The van der Waals surface area contributed by atoms with E-state index in [4.69, 9.17) is 0 Å². The number of unbranched alkanes of at least 4 members (excludes halogenated alkanes) is 13. The van der Waals surface area contributed by atoms with Crippen LogP contribution in [-0.2, 0) is 0 Å². The topological polar surface area (TPSA) is 0 Å². The molecule has 0 spiro atoms. The fraction of sp³-hybridized carbons (Fsp3) is 1.00. The molecule has 0 N–H and O–H groups in total. The number of hydrogen-bond acceptors (Lipinski definition) is 0. The molecular formula is C19H42AsBr. The molecule has 0 amide bonds. The minimum atomic E-state index is -1.91. The molecule has 130 valence electrons. The van der Waals surface area contributed by atoms with Gasteiger partial charge in [0.1, 0.15) is 0 Å². The van der Waals surface area contributed by atoms with E-state index in [2.05, 4.69) is 38.0 Å². The molecule has 0 bridgehead atoms. The maximum atomic E-state index is 4.00. The molecule has 0 heterocycles. The van der Waals surface area contributed by atoms with Crippen molar-refractivity contribution in [2.24, 2.45) is 0 Å². The summed E-state index contributed by atoms with van der Waals surface area (Å²) in [7, 11) is -1.91. The Labute approximate surface area is 143 Å². The van der Waals surface area contributed by atoms with E-state index < -0.39 is 10.6 Å². The minimum absolute atomic E-state index is 1.37. The van der Waals surface area contributed by atoms with Gasteiger partial charge in [0.15, 0.2) is 0 Å². The van der Waals surface area contributed by atoms with Crippen LogP contribution in [-0.4, -0.2) is 10.6 Å². The molecule has 0 aromatic carbocycles. The van der Waals surface area contributed by atoms with E-state index in [0.29, 0.717) is 0 Å². The standard InChI is InChI=1S/C19H42AsBr/c1-5-6-7-8-9-10-11-12-13-14-15-16-17-18-19-20(2,3,4)21/h5-19H2,1-4H3. The van der Waals surface area contributed by atoms with Crippen molar-refractivity contribution in [2.75, 3.05) is 0 Å². The van der Waals surface area contributed by atoms with Crippen LogP contribution >= 0.6 is 13.9 Å². The van der Waals surface area contributed by atoms with Crippen LogP contribution in [0.25, 0.3) is 0 Å². The Morgan fingerprint density at radius 1 is 0.524 bits per heavy atom. The first-order valence-corrected chi connectivity index (χ1v) is 20.9. The van der Waals surface area contributed by atoms with Crippen molar-refractivity contribution < 1.29 is 0 Å². The van der Waals surface area contributed by atoms with Gasteiger partial charge in [-0.25, -0.2) is 0 Å². The van der Waals surface area contributed by atoms with E-state index in [1.54, 1.807) is 0 Å². The summed E-state index contributed by atoms with van der Waals surface area (Å²) in [6.07, 6.45) is 20.4. The Morgan fingerprint density at radius 3 is 1.10 bits per heavy atom. The normalized spacial score (nSPS) is 14.0. The second-order valence-corrected chi connectivity index (χ2v) is 35.1. The Hall–Kier alpha value is 1.04. The summed E-state index contributed by atoms with van der Waals surface area (Å²) in [4.78, 5) is 0. The van der Waals surface area contributed by atoms with Gasteiger partial charge in [0.25, 0.3) is 0 Å². The fourth-order valence-corrected chi connectivity index (χ4v) is 6.85. The molecule has 2 heteroatoms. The fourth-order valence-electron chi connectivity index (χ4n) is 2.84. The first-order chi connectivity index (χ1) is 9.81. The van der Waals surface area contributed by atoms with Crippen LogP contribution in [0.1, 0.15) is 96.8 Å². The molecule has 0 fully saturated rings. The maximum absolute atomic E-state index is 4.00. The summed E-state index contributed by atoms with van der Waals surface area (Å²) in [5, 5.41) is 1.45. The molecule has 0 aliphatic heterocycles. The van der Waals surface area contributed by atoms with Crippen LogP contribution in [0.3, 0.4) is 0 Å². The molecule has 0 rings (SSSR count). The van der Waals surface area contributed by atoms with Gasteiger partial charge in [0.05, 0.1) is 0 Å². The summed E-state index contributed by atoms with van der Waals surface area (Å²) >= 11 is 4.00. The van der Waals surface area contributed by atoms with Crippen LogP contribution in [0, 0.1) is 0 Å². The van der Waals surface area contributed by atoms with Crippen molar-refractivity contribution in [1.29, 1.82) is 0 Å². The summed E-state index contributed by atoms with van der Waals surface area (Å²) in [6, 6.07) is 0. The van der Waals surface area contributed by atoms with Crippen molar-refractivity contribution in [3.63, 3.8) is 0 Å². The zero-order valence-corrected chi connectivity index (χ0v) is 18.9. The molecule has 0 atom stereocenters. The Kier molecular flexibility index (Phi) is 13.1. The van der Waals surface area contributed by atoms with Crippen molar-refractivity contribution >= 4 is 24.5 Å². The molecule has 0 saturated heterocycles. The van der Waals surface area contributed by atoms with Gasteiger partial charge in [0.2, 0.25) is 0 Å². The van der Waals surface area contributed by atoms with Gasteiger partial charge in [-0.3, -0.25) is 0 Å². The average molecular weight is 425 g/mol. The molecule has 0 saturated carbocycles. The van der Waals surface area contributed by atoms with Gasteiger partial charge in [-0.15, -0.1) is 0 Å². The molecule has 0 radical (unpaired) electrons. The summed E-state index contributed by atoms with van der Waals surface area (Å²) < 4.78 is 0. The van der Waals surface area contributed by atoms with Gasteiger partial charge in [0, 0.05) is 0 Å². The number of hydrogen-bond donors (Lipinski definition) is 0. The third kappa shape index (κ3) is 21.0. The first kappa shape index (κ1) is 22.0. The molecule has 0 aromatic rings. The van der Waals surface area contributed by atoms with E-state index in [0.717, 1.165) is 0 Å². The second kappa shape index (κ2) is 12.5. The molecular weight excluding hydrogens is 383 g/mol. The number of halogens is 1. The van der Waals surface area contributed by atoms with Crippen LogP contribution in [0.4, 0.5) is 0 Å². The van der Waals surface area contributed by atoms with Gasteiger partial charge in [-0.05, 0) is 0 Å². The summed E-state index contributed by atoms with van der Waals surface area (Å²) in [6.45, 7) is 2.30. The third-order valence-corrected chi connectivity index (χ3v) is 9.94. The summed E-state index contributed by atoms with van der Waals surface area (Å²) in [5.41, 5.74) is 7.42. The van der Waals surface area contributed by atoms with Crippen LogP contribution in [0.15, 0.2) is 0 Å². The molecule has 0 nitrogen and oxygen atoms in total. The van der Waals surface area contributed by atoms with Crippen molar-refractivity contribution in [1.82, 2.24) is 0 Å². The van der Waals surface area contributed by atoms with Crippen molar-refractivity contribution in [2.45, 2.75) is 119 Å². The Bertz CT molecular complexity index is 220. The zero-order valence-electron chi connectivity index (χ0n) is 15.4. The molecule has 0 aromatic heterocycles. The van der Waals surface area contributed by atoms with Crippen molar-refractivity contribution in [3.05, 3.63) is 0 Å². The monoisotopic (exact) mass is 424 g/mol. The van der Waals surface area contributed by atoms with E-state index in [1.165, 1.54) is 95.1 Å². The van der Waals surface area contributed by atoms with Crippen molar-refractivity contribution in [3.8, 4) is 0 Å². The van der Waals surface area contributed by atoms with Crippen LogP contribution < -0.4 is 0 Å². The van der Waals surface area contributed by atoms with E-state index in [-0.39, 0.29) is 0 Å². The number of rotatable bonds is 15. The SMILES string of the molecule is CCCCCCCCCCCCCCCC[As](C)(C)(C)Br. The molecule has 0 aliphatic rings. The second-order valence-electron chi connectivity index (χ2n) is 8.24. The molecule has 21 heavy (non-hydrogen) atoms. The first-order valence-electron chi connectivity index (χ1n) is 9.53. The predicted octanol–water partition coefficient (Wildman–Crippen LogP) is 8.65. The average Bonchev–Trinajstić information content (AvgIpc) is 2.37. The third-order valence-electron chi connectivity index (χ3n) is 4.27. The molecule has 0 aliphatic carbocycles. The van der Waals surface area contributed by atoms with Gasteiger partial charge < -0.3 is 0 Å². The Balaban J connectivity index is 3.10. The van der Waals surface area contributed by atoms with Crippen LogP contribution in [0.5, 0.6) is 0 Å². The Morgan fingerprint density at radius 2 is 0.810 bits per heavy atom. The van der Waals surface area contributed by atoms with E-state index >= 15 is 0 Å². The quantitative estimate of drug-likeness (QED) is 0.182. The van der Waals surface area contributed by atoms with Crippen LogP contribution in [0.2, 0.25) is 22.3 Å². The van der Waals surface area contributed by atoms with E-state index in [1.807, 2.05) is 0 Å². The molecule has 0 unspecified atom stereocenters. The van der Waals surface area contributed by atoms with Gasteiger partial charge in [-0.2, -0.15) is 0 Å². The predicted molar refractivity (Wildman–Crippen MR) is 107 cm³/mol. The summed E-state index contributed by atoms with van der Waals surface area (Å²) in [5.74, 6) is 0. The van der Waals surface area contributed by atoms with Gasteiger partial charge >= 0.3 is 117 Å². The van der Waals surface area contributed by atoms with E-state index in [9.17, 15) is 0 Å².